The molecule has 40 heavy (non-hydrogen) atoms. The fraction of sp³-hybridized carbons (Fsp3) is 0.519. The first-order valence-electron chi connectivity index (χ1n) is 12.9. The lowest BCUT2D eigenvalue weighted by Gasteiger charge is -2.42. The number of rotatable bonds is 11. The van der Waals surface area contributed by atoms with Gasteiger partial charge in [0, 0.05) is 6.20 Å². The number of urea groups is 1. The van der Waals surface area contributed by atoms with Gasteiger partial charge in [-0.25, -0.2) is 10.3 Å². The Morgan fingerprint density at radius 3 is 2.20 bits per heavy atom. The highest BCUT2D eigenvalue weighted by Crippen LogP contribution is 2.41. The number of aromatic nitrogens is 1. The number of amides is 3. The van der Waals surface area contributed by atoms with Gasteiger partial charge in [0.25, 0.3) is 5.56 Å². The Hall–Kier alpha value is -3.16. The highest BCUT2D eigenvalue weighted by atomic mass is 28.4. The fourth-order valence-corrected chi connectivity index (χ4v) is 4.75. The van der Waals surface area contributed by atoms with Crippen LogP contribution < -0.4 is 21.7 Å². The summed E-state index contributed by atoms with van der Waals surface area (Å²) in [6, 6.07) is 9.64. The minimum absolute atomic E-state index is 0.0997. The van der Waals surface area contributed by atoms with E-state index < -0.39 is 61.6 Å². The van der Waals surface area contributed by atoms with Crippen LogP contribution in [0, 0.1) is 5.92 Å². The molecule has 13 heteroatoms. The number of hydrogen-bond acceptors (Lipinski definition) is 5. The highest BCUT2D eigenvalue weighted by molar-refractivity contribution is 6.74. The van der Waals surface area contributed by atoms with E-state index in [1.807, 2.05) is 39.0 Å². The van der Waals surface area contributed by atoms with E-state index in [4.69, 9.17) is 9.26 Å². The molecular weight excluding hydrogens is 545 g/mol. The van der Waals surface area contributed by atoms with Crippen molar-refractivity contribution in [2.75, 3.05) is 5.32 Å². The third kappa shape index (κ3) is 9.49. The summed E-state index contributed by atoms with van der Waals surface area (Å²) in [6.07, 6.45) is -5.65. The van der Waals surface area contributed by atoms with E-state index in [0.29, 0.717) is 0 Å². The van der Waals surface area contributed by atoms with Crippen LogP contribution in [-0.4, -0.2) is 43.1 Å². The molecule has 0 saturated heterocycles. The summed E-state index contributed by atoms with van der Waals surface area (Å²) >= 11 is 0. The topological polar surface area (TPSA) is 111 Å². The van der Waals surface area contributed by atoms with Crippen molar-refractivity contribution >= 4 is 25.9 Å². The van der Waals surface area contributed by atoms with Crippen molar-refractivity contribution in [3.63, 3.8) is 0 Å². The standard InChI is InChI=1S/C27H39F3N4O5Si/c1-18(2)22(23(27(28,29)30)39-40(6,7)26(3,4)5)32-21(35)16-34-15-11-14-20(24(34)36)31-25(37)33-38-17-19-12-9-8-10-13-19/h8-15,18,22-23H,16-17H2,1-7H3,(H,32,35)(H2,31,33,37). The highest BCUT2D eigenvalue weighted by Gasteiger charge is 2.52. The van der Waals surface area contributed by atoms with Gasteiger partial charge in [0.15, 0.2) is 14.4 Å². The van der Waals surface area contributed by atoms with Gasteiger partial charge in [0.2, 0.25) is 5.91 Å². The number of hydroxylamine groups is 1. The SMILES string of the molecule is CC(C)C(NC(=O)Cn1cccc(NC(=O)NOCc2ccccc2)c1=O)C(O[Si](C)(C)C(C)(C)C)C(F)(F)F. The lowest BCUT2D eigenvalue weighted by Crippen LogP contribution is -2.59. The molecule has 0 spiro atoms. The van der Waals surface area contributed by atoms with E-state index in [-0.39, 0.29) is 12.3 Å². The molecule has 2 rings (SSSR count). The summed E-state index contributed by atoms with van der Waals surface area (Å²) < 4.78 is 49.3. The molecule has 2 atom stereocenters. The Labute approximate surface area is 233 Å². The second-order valence-electron chi connectivity index (χ2n) is 11.4. The molecule has 1 aromatic heterocycles. The number of nitrogens with one attached hydrogen (secondary N) is 3. The van der Waals surface area contributed by atoms with Gasteiger partial charge in [-0.15, -0.1) is 0 Å². The predicted molar refractivity (Wildman–Crippen MR) is 149 cm³/mol. The smallest absolute Gasteiger partial charge is 0.404 e. The molecule has 0 radical (unpaired) electrons. The maximum Gasteiger partial charge on any atom is 0.415 e. The van der Waals surface area contributed by atoms with Crippen molar-refractivity contribution < 1.29 is 32.0 Å². The minimum atomic E-state index is -4.73. The van der Waals surface area contributed by atoms with Crippen molar-refractivity contribution in [2.45, 2.75) is 84.2 Å². The Morgan fingerprint density at radius 2 is 1.65 bits per heavy atom. The van der Waals surface area contributed by atoms with E-state index in [0.717, 1.165) is 10.1 Å². The van der Waals surface area contributed by atoms with E-state index in [9.17, 15) is 27.6 Å². The third-order valence-corrected chi connectivity index (χ3v) is 11.2. The Balaban J connectivity index is 2.11. The van der Waals surface area contributed by atoms with Crippen molar-refractivity contribution in [1.29, 1.82) is 0 Å². The summed E-state index contributed by atoms with van der Waals surface area (Å²) in [6.45, 7) is 11.6. The monoisotopic (exact) mass is 584 g/mol. The van der Waals surface area contributed by atoms with Gasteiger partial charge in [-0.05, 0) is 41.7 Å². The van der Waals surface area contributed by atoms with E-state index in [1.165, 1.54) is 18.3 Å². The molecule has 1 aromatic carbocycles. The molecule has 0 saturated carbocycles. The fourth-order valence-electron chi connectivity index (χ4n) is 3.48. The zero-order valence-corrected chi connectivity index (χ0v) is 24.9. The van der Waals surface area contributed by atoms with Gasteiger partial charge >= 0.3 is 12.2 Å². The maximum absolute atomic E-state index is 14.2. The van der Waals surface area contributed by atoms with Gasteiger partial charge in [-0.2, -0.15) is 13.2 Å². The van der Waals surface area contributed by atoms with Crippen LogP contribution in [0.25, 0.3) is 0 Å². The Morgan fingerprint density at radius 1 is 1.02 bits per heavy atom. The zero-order valence-electron chi connectivity index (χ0n) is 23.9. The number of carbonyl (C=O) groups excluding carboxylic acids is 2. The van der Waals surface area contributed by atoms with Crippen LogP contribution in [0.2, 0.25) is 18.1 Å². The summed E-state index contributed by atoms with van der Waals surface area (Å²) in [5.74, 6) is -1.42. The molecule has 1 heterocycles. The molecule has 0 aliphatic rings. The van der Waals surface area contributed by atoms with Gasteiger partial charge in [-0.3, -0.25) is 14.4 Å². The molecular formula is C27H39F3N4O5Si. The maximum atomic E-state index is 14.2. The number of alkyl halides is 3. The molecule has 2 unspecified atom stereocenters. The van der Waals surface area contributed by atoms with Gasteiger partial charge in [-0.1, -0.05) is 65.0 Å². The van der Waals surface area contributed by atoms with Crippen LogP contribution in [0.3, 0.4) is 0 Å². The van der Waals surface area contributed by atoms with Crippen molar-refractivity contribution in [2.24, 2.45) is 5.92 Å². The summed E-state index contributed by atoms with van der Waals surface area (Å²) in [4.78, 5) is 43.0. The molecule has 9 nitrogen and oxygen atoms in total. The number of benzene rings is 1. The van der Waals surface area contributed by atoms with Crippen LogP contribution in [0.4, 0.5) is 23.7 Å². The quantitative estimate of drug-likeness (QED) is 0.249. The number of anilines is 1. The van der Waals surface area contributed by atoms with Crippen LogP contribution in [-0.2, 0) is 27.2 Å². The first-order valence-corrected chi connectivity index (χ1v) is 15.8. The van der Waals surface area contributed by atoms with Gasteiger partial charge < -0.3 is 19.6 Å². The Bertz CT molecular complexity index is 1200. The average molecular weight is 585 g/mol. The first-order chi connectivity index (χ1) is 18.4. The van der Waals surface area contributed by atoms with Crippen LogP contribution in [0.5, 0.6) is 0 Å². The van der Waals surface area contributed by atoms with Crippen molar-refractivity contribution in [1.82, 2.24) is 15.4 Å². The van der Waals surface area contributed by atoms with Crippen LogP contribution in [0.1, 0.15) is 40.2 Å². The zero-order chi connectivity index (χ0) is 30.3. The third-order valence-electron chi connectivity index (χ3n) is 6.75. The van der Waals surface area contributed by atoms with Crippen LogP contribution in [0.15, 0.2) is 53.5 Å². The molecule has 2 aromatic rings. The first kappa shape index (κ1) is 33.0. The minimum Gasteiger partial charge on any atom is -0.404 e. The summed E-state index contributed by atoms with van der Waals surface area (Å²) in [7, 11) is -2.86. The number of carbonyl (C=O) groups is 2. The second kappa shape index (κ2) is 13.5. The largest absolute Gasteiger partial charge is 0.415 e. The van der Waals surface area contributed by atoms with E-state index in [1.54, 1.807) is 39.1 Å². The number of nitrogens with zero attached hydrogens (tertiary/aromatic N) is 1. The van der Waals surface area contributed by atoms with Gasteiger partial charge in [0.1, 0.15) is 12.2 Å². The van der Waals surface area contributed by atoms with Crippen LogP contribution >= 0.6 is 0 Å². The lowest BCUT2D eigenvalue weighted by atomic mass is 9.98. The second-order valence-corrected chi connectivity index (χ2v) is 16.1. The molecule has 3 amide bonds. The van der Waals surface area contributed by atoms with E-state index >= 15 is 0 Å². The summed E-state index contributed by atoms with van der Waals surface area (Å²) in [5, 5.41) is 4.29. The molecule has 222 valence electrons. The number of halogens is 3. The molecule has 0 aliphatic heterocycles. The molecule has 0 bridgehead atoms. The normalized spacial score (nSPS) is 14.0. The lowest BCUT2D eigenvalue weighted by molar-refractivity contribution is -0.210. The van der Waals surface area contributed by atoms with Crippen molar-refractivity contribution in [3.8, 4) is 0 Å². The number of pyridine rings is 1. The number of hydrogen-bond donors (Lipinski definition) is 3. The van der Waals surface area contributed by atoms with Crippen molar-refractivity contribution in [3.05, 3.63) is 64.6 Å². The Kier molecular flexibility index (Phi) is 11.1. The van der Waals surface area contributed by atoms with Gasteiger partial charge in [0.05, 0.1) is 12.6 Å². The van der Waals surface area contributed by atoms with E-state index in [2.05, 4.69) is 16.1 Å². The molecule has 0 fully saturated rings. The molecule has 0 aliphatic carbocycles. The molecule has 3 N–H and O–H groups in total. The average Bonchev–Trinajstić information content (AvgIpc) is 2.83. The predicted octanol–water partition coefficient (Wildman–Crippen LogP) is 5.20. The summed E-state index contributed by atoms with van der Waals surface area (Å²) in [5.41, 5.74) is 2.12.